The molecule has 0 aromatic rings. The third-order valence-electron chi connectivity index (χ3n) is 1.72. The lowest BCUT2D eigenvalue weighted by Crippen LogP contribution is -2.34. The molecule has 1 N–H and O–H groups in total. The Morgan fingerprint density at radius 1 is 1.50 bits per heavy atom. The Hall–Kier alpha value is -0.120. The van der Waals surface area contributed by atoms with E-state index in [2.05, 4.69) is 0 Å². The number of methoxy groups -OCH3 is 1. The minimum absolute atomic E-state index is 0.119. The summed E-state index contributed by atoms with van der Waals surface area (Å²) in [6, 6.07) is 0. The van der Waals surface area contributed by atoms with Gasteiger partial charge in [0, 0.05) is 13.5 Å². The SMILES string of the molecule is CO[C@H]1C[C@@H](O)C[C@@H](C)O1. The summed E-state index contributed by atoms with van der Waals surface area (Å²) in [4.78, 5) is 0. The molecule has 3 heteroatoms. The van der Waals surface area contributed by atoms with Crippen LogP contribution in [0.15, 0.2) is 0 Å². The van der Waals surface area contributed by atoms with E-state index in [1.54, 1.807) is 7.11 Å². The quantitative estimate of drug-likeness (QED) is 0.586. The van der Waals surface area contributed by atoms with E-state index in [-0.39, 0.29) is 18.5 Å². The van der Waals surface area contributed by atoms with Crippen LogP contribution in [0.25, 0.3) is 0 Å². The largest absolute Gasteiger partial charge is 0.393 e. The van der Waals surface area contributed by atoms with E-state index in [1.807, 2.05) is 6.92 Å². The van der Waals surface area contributed by atoms with Crippen molar-refractivity contribution in [3.05, 3.63) is 0 Å². The Balaban J connectivity index is 2.35. The summed E-state index contributed by atoms with van der Waals surface area (Å²) in [6.45, 7) is 1.94. The van der Waals surface area contributed by atoms with Crippen molar-refractivity contribution < 1.29 is 14.6 Å². The molecule has 0 aromatic heterocycles. The first-order valence-corrected chi connectivity index (χ1v) is 3.58. The van der Waals surface area contributed by atoms with Gasteiger partial charge in [-0.3, -0.25) is 0 Å². The molecular weight excluding hydrogens is 132 g/mol. The Labute approximate surface area is 60.9 Å². The summed E-state index contributed by atoms with van der Waals surface area (Å²) in [5.41, 5.74) is 0. The minimum Gasteiger partial charge on any atom is -0.393 e. The van der Waals surface area contributed by atoms with Gasteiger partial charge in [-0.25, -0.2) is 0 Å². The van der Waals surface area contributed by atoms with Gasteiger partial charge in [-0.2, -0.15) is 0 Å². The number of aliphatic hydroxyl groups excluding tert-OH is 1. The summed E-state index contributed by atoms with van der Waals surface area (Å²) in [5.74, 6) is 0. The second-order valence-corrected chi connectivity index (χ2v) is 2.74. The monoisotopic (exact) mass is 146 g/mol. The van der Waals surface area contributed by atoms with E-state index in [4.69, 9.17) is 9.47 Å². The fraction of sp³-hybridized carbons (Fsp3) is 1.00. The summed E-state index contributed by atoms with van der Waals surface area (Å²) in [7, 11) is 1.59. The van der Waals surface area contributed by atoms with Gasteiger partial charge in [-0.05, 0) is 13.3 Å². The van der Waals surface area contributed by atoms with Gasteiger partial charge in [0.05, 0.1) is 12.2 Å². The van der Waals surface area contributed by atoms with Gasteiger partial charge in [-0.15, -0.1) is 0 Å². The Bertz CT molecular complexity index is 95.0. The smallest absolute Gasteiger partial charge is 0.160 e. The lowest BCUT2D eigenvalue weighted by atomic mass is 10.1. The molecule has 1 rings (SSSR count). The molecule has 0 radical (unpaired) electrons. The van der Waals surface area contributed by atoms with E-state index in [9.17, 15) is 5.11 Å². The molecule has 60 valence electrons. The van der Waals surface area contributed by atoms with E-state index in [0.29, 0.717) is 6.42 Å². The van der Waals surface area contributed by atoms with Crippen molar-refractivity contribution in [2.75, 3.05) is 7.11 Å². The standard InChI is InChI=1S/C7H14O3/c1-5-3-6(8)4-7(9-2)10-5/h5-8H,3-4H2,1-2H3/t5-,6+,7-/m1/s1. The van der Waals surface area contributed by atoms with Gasteiger partial charge in [0.25, 0.3) is 0 Å². The highest BCUT2D eigenvalue weighted by Crippen LogP contribution is 2.19. The number of hydrogen-bond donors (Lipinski definition) is 1. The van der Waals surface area contributed by atoms with Crippen molar-refractivity contribution in [3.8, 4) is 0 Å². The first-order chi connectivity index (χ1) is 4.72. The van der Waals surface area contributed by atoms with E-state index in [1.165, 1.54) is 0 Å². The Morgan fingerprint density at radius 3 is 2.70 bits per heavy atom. The van der Waals surface area contributed by atoms with Crippen LogP contribution in [-0.2, 0) is 9.47 Å². The summed E-state index contributed by atoms with van der Waals surface area (Å²) in [5, 5.41) is 9.22. The lowest BCUT2D eigenvalue weighted by molar-refractivity contribution is -0.198. The average molecular weight is 146 g/mol. The molecule has 0 bridgehead atoms. The molecule has 0 amide bonds. The van der Waals surface area contributed by atoms with Gasteiger partial charge >= 0.3 is 0 Å². The van der Waals surface area contributed by atoms with E-state index >= 15 is 0 Å². The molecule has 0 aromatic carbocycles. The van der Waals surface area contributed by atoms with Crippen LogP contribution in [0.2, 0.25) is 0 Å². The second kappa shape index (κ2) is 3.32. The first kappa shape index (κ1) is 7.98. The molecule has 0 aliphatic carbocycles. The molecule has 1 aliphatic heterocycles. The summed E-state index contributed by atoms with van der Waals surface area (Å²) in [6.07, 6.45) is 0.974. The number of hydrogen-bond acceptors (Lipinski definition) is 3. The van der Waals surface area contributed by atoms with Crippen LogP contribution in [0.5, 0.6) is 0 Å². The molecule has 3 atom stereocenters. The van der Waals surface area contributed by atoms with Gasteiger partial charge < -0.3 is 14.6 Å². The lowest BCUT2D eigenvalue weighted by Gasteiger charge is -2.29. The average Bonchev–Trinajstić information content (AvgIpc) is 1.85. The van der Waals surface area contributed by atoms with Crippen molar-refractivity contribution >= 4 is 0 Å². The van der Waals surface area contributed by atoms with Crippen molar-refractivity contribution in [1.29, 1.82) is 0 Å². The molecule has 1 heterocycles. The number of aliphatic hydroxyl groups is 1. The third-order valence-corrected chi connectivity index (χ3v) is 1.72. The third kappa shape index (κ3) is 1.94. The molecular formula is C7H14O3. The van der Waals surface area contributed by atoms with Gasteiger partial charge in [0.1, 0.15) is 0 Å². The topological polar surface area (TPSA) is 38.7 Å². The maximum absolute atomic E-state index is 9.22. The predicted octanol–water partition coefficient (Wildman–Crippen LogP) is 0.519. The molecule has 0 spiro atoms. The molecule has 1 aliphatic rings. The first-order valence-electron chi connectivity index (χ1n) is 3.58. The van der Waals surface area contributed by atoms with E-state index in [0.717, 1.165) is 6.42 Å². The Morgan fingerprint density at radius 2 is 2.20 bits per heavy atom. The molecule has 0 saturated carbocycles. The van der Waals surface area contributed by atoms with Crippen molar-refractivity contribution in [2.45, 2.75) is 38.3 Å². The zero-order valence-corrected chi connectivity index (χ0v) is 6.41. The van der Waals surface area contributed by atoms with Crippen molar-refractivity contribution in [2.24, 2.45) is 0 Å². The maximum Gasteiger partial charge on any atom is 0.160 e. The summed E-state index contributed by atoms with van der Waals surface area (Å²) < 4.78 is 10.3. The van der Waals surface area contributed by atoms with Crippen molar-refractivity contribution in [3.63, 3.8) is 0 Å². The highest BCUT2D eigenvalue weighted by Gasteiger charge is 2.24. The normalized spacial score (nSPS) is 41.7. The van der Waals surface area contributed by atoms with Gasteiger partial charge in [0.15, 0.2) is 6.29 Å². The zero-order chi connectivity index (χ0) is 7.56. The minimum atomic E-state index is -0.256. The second-order valence-electron chi connectivity index (χ2n) is 2.74. The maximum atomic E-state index is 9.22. The van der Waals surface area contributed by atoms with Crippen LogP contribution in [0.1, 0.15) is 19.8 Å². The van der Waals surface area contributed by atoms with Crippen LogP contribution in [0.4, 0.5) is 0 Å². The van der Waals surface area contributed by atoms with Crippen LogP contribution >= 0.6 is 0 Å². The van der Waals surface area contributed by atoms with Crippen molar-refractivity contribution in [1.82, 2.24) is 0 Å². The Kier molecular flexibility index (Phi) is 2.65. The molecule has 1 fully saturated rings. The fourth-order valence-electron chi connectivity index (χ4n) is 1.22. The highest BCUT2D eigenvalue weighted by molar-refractivity contribution is 4.69. The van der Waals surface area contributed by atoms with Gasteiger partial charge in [0.2, 0.25) is 0 Å². The molecule has 10 heavy (non-hydrogen) atoms. The van der Waals surface area contributed by atoms with Crippen LogP contribution < -0.4 is 0 Å². The zero-order valence-electron chi connectivity index (χ0n) is 6.41. The van der Waals surface area contributed by atoms with Crippen LogP contribution in [0, 0.1) is 0 Å². The number of rotatable bonds is 1. The molecule has 3 nitrogen and oxygen atoms in total. The number of ether oxygens (including phenoxy) is 2. The van der Waals surface area contributed by atoms with Gasteiger partial charge in [-0.1, -0.05) is 0 Å². The summed E-state index contributed by atoms with van der Waals surface area (Å²) >= 11 is 0. The van der Waals surface area contributed by atoms with Crippen LogP contribution in [0.3, 0.4) is 0 Å². The predicted molar refractivity (Wildman–Crippen MR) is 36.6 cm³/mol. The van der Waals surface area contributed by atoms with Crippen LogP contribution in [-0.4, -0.2) is 30.7 Å². The fourth-order valence-corrected chi connectivity index (χ4v) is 1.22. The van der Waals surface area contributed by atoms with E-state index < -0.39 is 0 Å². The molecule has 1 saturated heterocycles. The highest BCUT2D eigenvalue weighted by atomic mass is 16.7. The molecule has 0 unspecified atom stereocenters.